The van der Waals surface area contributed by atoms with E-state index in [0.29, 0.717) is 33.5 Å². The zero-order chi connectivity index (χ0) is 22.0. The molecule has 1 aliphatic rings. The highest BCUT2D eigenvalue weighted by atomic mass is 35.5. The molecule has 3 heterocycles. The van der Waals surface area contributed by atoms with Gasteiger partial charge >= 0.3 is 0 Å². The Labute approximate surface area is 190 Å². The quantitative estimate of drug-likeness (QED) is 0.339. The first-order chi connectivity index (χ1) is 15.5. The minimum Gasteiger partial charge on any atom is -0.506 e. The van der Waals surface area contributed by atoms with Crippen LogP contribution in [0.3, 0.4) is 0 Å². The van der Waals surface area contributed by atoms with Gasteiger partial charge in [0.15, 0.2) is 27.1 Å². The van der Waals surface area contributed by atoms with Gasteiger partial charge in [0, 0.05) is 22.5 Å². The number of aromatic nitrogens is 1. The first-order valence-electron chi connectivity index (χ1n) is 10.2. The third-order valence-corrected chi connectivity index (χ3v) is 6.75. The van der Waals surface area contributed by atoms with Crippen molar-refractivity contribution in [3.05, 3.63) is 73.8 Å². The summed E-state index contributed by atoms with van der Waals surface area (Å²) in [5, 5.41) is 14.0. The third kappa shape index (κ3) is 3.00. The van der Waals surface area contributed by atoms with Crippen molar-refractivity contribution in [2.75, 3.05) is 0 Å². The fraction of sp³-hybridized carbons (Fsp3) is 0.167. The average Bonchev–Trinajstić information content (AvgIpc) is 3.32. The molecule has 3 aromatic heterocycles. The highest BCUT2D eigenvalue weighted by Gasteiger charge is 2.28. The molecule has 6 nitrogen and oxygen atoms in total. The molecule has 0 radical (unpaired) electrons. The lowest BCUT2D eigenvalue weighted by atomic mass is 10.1. The fourth-order valence-electron chi connectivity index (χ4n) is 4.03. The second kappa shape index (κ2) is 7.12. The summed E-state index contributed by atoms with van der Waals surface area (Å²) in [6.45, 7) is 1.70. The number of furan rings is 1. The van der Waals surface area contributed by atoms with Crippen LogP contribution in [0.2, 0.25) is 5.02 Å². The van der Waals surface area contributed by atoms with Crippen molar-refractivity contribution >= 4 is 50.6 Å². The zero-order valence-corrected chi connectivity index (χ0v) is 18.5. The maximum absolute atomic E-state index is 12.7. The summed E-state index contributed by atoms with van der Waals surface area (Å²) in [4.78, 5) is 18.4. The van der Waals surface area contributed by atoms with E-state index in [1.165, 1.54) is 23.7 Å². The van der Waals surface area contributed by atoms with E-state index in [0.717, 1.165) is 28.9 Å². The summed E-state index contributed by atoms with van der Waals surface area (Å²) in [6, 6.07) is 11.1. The van der Waals surface area contributed by atoms with E-state index in [9.17, 15) is 9.90 Å². The van der Waals surface area contributed by atoms with Gasteiger partial charge in [0.25, 0.3) is 0 Å². The van der Waals surface area contributed by atoms with Crippen LogP contribution in [0.5, 0.6) is 5.75 Å². The molecule has 0 amide bonds. The van der Waals surface area contributed by atoms with Crippen LogP contribution in [-0.2, 0) is 0 Å². The largest absolute Gasteiger partial charge is 0.506 e. The minimum atomic E-state index is -0.316. The van der Waals surface area contributed by atoms with Crippen LogP contribution in [0.4, 0.5) is 5.69 Å². The van der Waals surface area contributed by atoms with E-state index in [2.05, 4.69) is 9.95 Å². The minimum absolute atomic E-state index is 0.107. The molecular weight excluding hydrogens is 448 g/mol. The second-order valence-electron chi connectivity index (χ2n) is 7.91. The van der Waals surface area contributed by atoms with E-state index < -0.39 is 0 Å². The predicted molar refractivity (Wildman–Crippen MR) is 125 cm³/mol. The Hall–Kier alpha value is -3.29. The molecule has 2 aromatic carbocycles. The van der Waals surface area contributed by atoms with Crippen molar-refractivity contribution in [1.29, 1.82) is 0 Å². The topological polar surface area (TPSA) is 80.9 Å². The number of phenols is 1. The van der Waals surface area contributed by atoms with E-state index in [4.69, 9.17) is 25.4 Å². The number of rotatable bonds is 3. The van der Waals surface area contributed by atoms with Crippen molar-refractivity contribution in [2.24, 2.45) is 4.99 Å². The monoisotopic (exact) mass is 464 g/mol. The van der Waals surface area contributed by atoms with Crippen molar-refractivity contribution < 1.29 is 13.9 Å². The molecule has 0 unspecified atom stereocenters. The first kappa shape index (κ1) is 19.4. The SMILES string of the molecule is Cc1cc(=O)c2c(O)c3ccoc3c(N=c3scc(-c4ccc(Cl)cc4)n3C3CC3)c2o1. The lowest BCUT2D eigenvalue weighted by molar-refractivity contribution is 0.484. The molecule has 1 fully saturated rings. The molecule has 32 heavy (non-hydrogen) atoms. The molecular formula is C24H17ClN2O4S. The van der Waals surface area contributed by atoms with Crippen molar-refractivity contribution in [1.82, 2.24) is 4.57 Å². The van der Waals surface area contributed by atoms with E-state index in [1.807, 2.05) is 24.3 Å². The lowest BCUT2D eigenvalue weighted by Crippen LogP contribution is -2.14. The molecule has 0 aliphatic heterocycles. The molecule has 1 N–H and O–H groups in total. The Balaban J connectivity index is 1.68. The summed E-state index contributed by atoms with van der Waals surface area (Å²) in [7, 11) is 0. The molecule has 8 heteroatoms. The van der Waals surface area contributed by atoms with Crippen LogP contribution in [0.1, 0.15) is 24.6 Å². The van der Waals surface area contributed by atoms with Gasteiger partial charge < -0.3 is 18.5 Å². The van der Waals surface area contributed by atoms with Crippen LogP contribution in [-0.4, -0.2) is 9.67 Å². The van der Waals surface area contributed by atoms with Crippen LogP contribution in [0.25, 0.3) is 33.2 Å². The zero-order valence-electron chi connectivity index (χ0n) is 17.0. The Morgan fingerprint density at radius 1 is 1.19 bits per heavy atom. The molecule has 0 atom stereocenters. The summed E-state index contributed by atoms with van der Waals surface area (Å²) in [5.41, 5.74) is 2.80. The van der Waals surface area contributed by atoms with Crippen molar-refractivity contribution in [2.45, 2.75) is 25.8 Å². The van der Waals surface area contributed by atoms with Crippen LogP contribution < -0.4 is 10.2 Å². The number of nitrogens with zero attached hydrogens (tertiary/aromatic N) is 2. The number of aryl methyl sites for hydroxylation is 1. The maximum atomic E-state index is 12.7. The number of fused-ring (bicyclic) bond motifs is 2. The van der Waals surface area contributed by atoms with Gasteiger partial charge in [0.05, 0.1) is 17.3 Å². The molecule has 5 aromatic rings. The van der Waals surface area contributed by atoms with E-state index >= 15 is 0 Å². The Bertz CT molecular complexity index is 1640. The number of hydrogen-bond donors (Lipinski definition) is 1. The maximum Gasteiger partial charge on any atom is 0.196 e. The Morgan fingerprint density at radius 3 is 2.72 bits per heavy atom. The Morgan fingerprint density at radius 2 is 1.97 bits per heavy atom. The molecule has 0 spiro atoms. The van der Waals surface area contributed by atoms with Gasteiger partial charge in [-0.15, -0.1) is 11.3 Å². The first-order valence-corrected chi connectivity index (χ1v) is 11.4. The number of benzene rings is 2. The molecule has 0 saturated heterocycles. The smallest absolute Gasteiger partial charge is 0.196 e. The van der Waals surface area contributed by atoms with Gasteiger partial charge in [-0.25, -0.2) is 4.99 Å². The molecule has 6 rings (SSSR count). The van der Waals surface area contributed by atoms with Crippen molar-refractivity contribution in [3.63, 3.8) is 0 Å². The fourth-order valence-corrected chi connectivity index (χ4v) is 5.13. The van der Waals surface area contributed by atoms with E-state index in [1.54, 1.807) is 13.0 Å². The van der Waals surface area contributed by atoms with Gasteiger partial charge in [-0.05, 0) is 43.5 Å². The van der Waals surface area contributed by atoms with Gasteiger partial charge in [-0.2, -0.15) is 0 Å². The van der Waals surface area contributed by atoms with Gasteiger partial charge in [-0.1, -0.05) is 23.7 Å². The standard InChI is InChI=1S/C24H17ClN2O4S/c1-12-10-18(28)19-21(29)16-8-9-30-22(16)20(23(19)31-12)26-24-27(15-6-7-15)17(11-32-24)13-2-4-14(25)5-3-13/h2-5,8-11,15,29H,6-7H2,1H3. The average molecular weight is 465 g/mol. The van der Waals surface area contributed by atoms with Gasteiger partial charge in [0.1, 0.15) is 16.9 Å². The van der Waals surface area contributed by atoms with Gasteiger partial charge in [0.2, 0.25) is 0 Å². The second-order valence-corrected chi connectivity index (χ2v) is 9.18. The number of thiazole rings is 1. The summed E-state index contributed by atoms with van der Waals surface area (Å²) >= 11 is 7.59. The summed E-state index contributed by atoms with van der Waals surface area (Å²) < 4.78 is 13.8. The number of phenolic OH excluding ortho intramolecular Hbond substituents is 1. The predicted octanol–water partition coefficient (Wildman–Crippen LogP) is 6.30. The van der Waals surface area contributed by atoms with Crippen LogP contribution in [0, 0.1) is 6.92 Å². The Kier molecular flexibility index (Phi) is 4.31. The normalized spacial score (nSPS) is 14.6. The third-order valence-electron chi connectivity index (χ3n) is 5.66. The molecule has 160 valence electrons. The summed E-state index contributed by atoms with van der Waals surface area (Å²) in [5.74, 6) is 0.284. The van der Waals surface area contributed by atoms with Crippen LogP contribution in [0.15, 0.2) is 66.7 Å². The number of halogens is 1. The number of hydrogen-bond acceptors (Lipinski definition) is 6. The molecule has 1 saturated carbocycles. The van der Waals surface area contributed by atoms with Crippen LogP contribution >= 0.6 is 22.9 Å². The van der Waals surface area contributed by atoms with E-state index in [-0.39, 0.29) is 22.1 Å². The summed E-state index contributed by atoms with van der Waals surface area (Å²) in [6.07, 6.45) is 3.62. The van der Waals surface area contributed by atoms with Crippen molar-refractivity contribution in [3.8, 4) is 17.0 Å². The molecule has 1 aliphatic carbocycles. The molecule has 0 bridgehead atoms. The highest BCUT2D eigenvalue weighted by molar-refractivity contribution is 7.07. The van der Waals surface area contributed by atoms with Gasteiger partial charge in [-0.3, -0.25) is 4.79 Å². The number of aromatic hydroxyl groups is 1. The lowest BCUT2D eigenvalue weighted by Gasteiger charge is -2.09. The highest BCUT2D eigenvalue weighted by Crippen LogP contribution is 2.42.